The van der Waals surface area contributed by atoms with E-state index < -0.39 is 0 Å². The van der Waals surface area contributed by atoms with Crippen LogP contribution >= 0.6 is 0 Å². The molecule has 29 heavy (non-hydrogen) atoms. The molecule has 0 amide bonds. The largest absolute Gasteiger partial charge is 0.441 e. The molecule has 5 rings (SSSR count). The Hall–Kier alpha value is -2.32. The minimum absolute atomic E-state index is 0.721. The molecule has 0 unspecified atom stereocenters. The minimum Gasteiger partial charge on any atom is -0.366 e. The first kappa shape index (κ1) is 20.0. The molecule has 0 saturated carbocycles. The van der Waals surface area contributed by atoms with Gasteiger partial charge in [-0.05, 0) is 37.6 Å². The predicted octanol–water partition coefficient (Wildman–Crippen LogP) is 1.94. The number of anilines is 1. The Bertz CT molecular complexity index is 846. The summed E-state index contributed by atoms with van der Waals surface area (Å²) >= 11 is 0. The molecular formula is C21H34N8+2. The molecule has 2 bridgehead atoms. The van der Waals surface area contributed by atoms with Gasteiger partial charge in [-0.2, -0.15) is 0 Å². The number of benzene rings is 1. The maximum Gasteiger partial charge on any atom is 0.441 e. The molecular weight excluding hydrogens is 364 g/mol. The first-order valence-electron chi connectivity index (χ1n) is 10.7. The molecule has 156 valence electrons. The van der Waals surface area contributed by atoms with Gasteiger partial charge in [0.2, 0.25) is 0 Å². The van der Waals surface area contributed by atoms with Crippen LogP contribution in [-0.2, 0) is 14.1 Å². The topological polar surface area (TPSA) is 52.9 Å². The molecule has 3 aliphatic rings. The van der Waals surface area contributed by atoms with Crippen molar-refractivity contribution in [2.24, 2.45) is 24.3 Å². The van der Waals surface area contributed by atoms with E-state index in [4.69, 9.17) is 0 Å². The predicted molar refractivity (Wildman–Crippen MR) is 114 cm³/mol. The van der Waals surface area contributed by atoms with E-state index in [0.29, 0.717) is 0 Å². The molecule has 3 saturated heterocycles. The van der Waals surface area contributed by atoms with Crippen molar-refractivity contribution < 1.29 is 9.16 Å². The lowest BCUT2D eigenvalue weighted by atomic mass is 10.1. The third-order valence-corrected chi connectivity index (χ3v) is 6.69. The summed E-state index contributed by atoms with van der Waals surface area (Å²) in [5.74, 6) is 0.721. The molecule has 4 heterocycles. The average Bonchev–Trinajstić information content (AvgIpc) is 3.06. The molecule has 0 N–H and O–H groups in total. The molecule has 3 fully saturated rings. The molecule has 1 aromatic carbocycles. The summed E-state index contributed by atoms with van der Waals surface area (Å²) in [5.41, 5.74) is 3.33. The second-order valence-electron chi connectivity index (χ2n) is 8.49. The van der Waals surface area contributed by atoms with Gasteiger partial charge in [-0.15, -0.1) is 4.68 Å². The minimum atomic E-state index is 0.721. The van der Waals surface area contributed by atoms with Crippen LogP contribution in [0.1, 0.15) is 12.5 Å². The summed E-state index contributed by atoms with van der Waals surface area (Å²) < 4.78 is 4.89. The highest BCUT2D eigenvalue weighted by molar-refractivity contribution is 5.57. The van der Waals surface area contributed by atoms with Gasteiger partial charge in [0.05, 0.1) is 46.8 Å². The molecule has 1 aromatic heterocycles. The second-order valence-corrected chi connectivity index (χ2v) is 8.49. The number of piperazine rings is 3. The van der Waals surface area contributed by atoms with E-state index in [1.807, 2.05) is 18.7 Å². The fourth-order valence-electron chi connectivity index (χ4n) is 4.54. The average molecular weight is 399 g/mol. The van der Waals surface area contributed by atoms with Crippen LogP contribution in [0.15, 0.2) is 34.8 Å². The lowest BCUT2D eigenvalue weighted by molar-refractivity contribution is -0.939. The van der Waals surface area contributed by atoms with Crippen LogP contribution in [0.4, 0.5) is 17.3 Å². The number of azo groups is 1. The van der Waals surface area contributed by atoms with Gasteiger partial charge in [-0.3, -0.25) is 4.90 Å². The van der Waals surface area contributed by atoms with Crippen molar-refractivity contribution in [3.63, 3.8) is 0 Å². The van der Waals surface area contributed by atoms with Crippen LogP contribution in [-0.4, -0.2) is 78.0 Å². The Morgan fingerprint density at radius 1 is 1.17 bits per heavy atom. The second kappa shape index (κ2) is 8.20. The maximum absolute atomic E-state index is 4.46. The van der Waals surface area contributed by atoms with Gasteiger partial charge in [0.1, 0.15) is 5.69 Å². The van der Waals surface area contributed by atoms with Crippen molar-refractivity contribution in [2.45, 2.75) is 13.8 Å². The maximum atomic E-state index is 4.46. The number of quaternary nitrogens is 1. The summed E-state index contributed by atoms with van der Waals surface area (Å²) in [6.45, 7) is 15.5. The zero-order chi connectivity index (χ0) is 20.4. The van der Waals surface area contributed by atoms with Gasteiger partial charge in [0.25, 0.3) is 0 Å². The molecule has 0 radical (unpaired) electrons. The zero-order valence-corrected chi connectivity index (χ0v) is 18.3. The number of nitrogens with zero attached hydrogens (tertiary/aromatic N) is 8. The quantitative estimate of drug-likeness (QED) is 0.407. The van der Waals surface area contributed by atoms with E-state index in [9.17, 15) is 0 Å². The number of likely N-dealkylation sites (N-methyl/N-ethyl adjacent to an activating group) is 1. The first-order valence-corrected chi connectivity index (χ1v) is 10.7. The van der Waals surface area contributed by atoms with Crippen LogP contribution in [0.2, 0.25) is 0 Å². The summed E-state index contributed by atoms with van der Waals surface area (Å²) in [5, 5.41) is 13.0. The van der Waals surface area contributed by atoms with Gasteiger partial charge < -0.3 is 9.38 Å². The van der Waals surface area contributed by atoms with Crippen molar-refractivity contribution in [1.29, 1.82) is 0 Å². The van der Waals surface area contributed by atoms with E-state index in [1.54, 1.807) is 11.0 Å². The van der Waals surface area contributed by atoms with Crippen molar-refractivity contribution >= 4 is 17.3 Å². The summed E-state index contributed by atoms with van der Waals surface area (Å²) in [7, 11) is 3.79. The van der Waals surface area contributed by atoms with Crippen molar-refractivity contribution in [1.82, 2.24) is 14.6 Å². The smallest absolute Gasteiger partial charge is 0.366 e. The van der Waals surface area contributed by atoms with E-state index in [2.05, 4.69) is 57.2 Å². The van der Waals surface area contributed by atoms with Gasteiger partial charge in [0.15, 0.2) is 6.33 Å². The number of rotatable bonds is 7. The summed E-state index contributed by atoms with van der Waals surface area (Å²) in [6, 6.07) is 6.51. The molecule has 0 spiro atoms. The third-order valence-electron chi connectivity index (χ3n) is 6.69. The van der Waals surface area contributed by atoms with Gasteiger partial charge in [-0.25, -0.2) is 4.57 Å². The molecule has 8 nitrogen and oxygen atoms in total. The third kappa shape index (κ3) is 4.18. The SMILES string of the molecule is CCN(CC[N+]12CCN(CC1)CC2)c1ccc(/N=N/c2n(C)cn[n+]2C)c(C)c1. The Kier molecular flexibility index (Phi) is 5.65. The molecule has 0 atom stereocenters. The van der Waals surface area contributed by atoms with Crippen molar-refractivity contribution in [2.75, 3.05) is 63.8 Å². The standard InChI is InChI=1S/C21H34N8/c1-5-28(11-15-29-12-8-27(9-13-29)10-14-29)19-6-7-20(18(2)16-19)23-24-21-25(3)17-22-26(21)4/h6-7,16-17H,5,8-15H2,1-4H3/q+2. The van der Waals surface area contributed by atoms with Gasteiger partial charge in [0, 0.05) is 37.0 Å². The fourth-order valence-corrected chi connectivity index (χ4v) is 4.54. The summed E-state index contributed by atoms with van der Waals surface area (Å²) in [6.07, 6.45) is 1.73. The van der Waals surface area contributed by atoms with Crippen molar-refractivity contribution in [3.05, 3.63) is 30.1 Å². The van der Waals surface area contributed by atoms with Crippen LogP contribution in [0, 0.1) is 6.92 Å². The number of hydrogen-bond acceptors (Lipinski definition) is 5. The zero-order valence-electron chi connectivity index (χ0n) is 18.3. The normalized spacial score (nSPS) is 23.8. The Morgan fingerprint density at radius 3 is 2.48 bits per heavy atom. The van der Waals surface area contributed by atoms with Crippen LogP contribution in [0.25, 0.3) is 0 Å². The molecule has 0 aliphatic carbocycles. The Labute approximate surface area is 173 Å². The summed E-state index contributed by atoms with van der Waals surface area (Å²) in [4.78, 5) is 5.11. The fraction of sp³-hybridized carbons (Fsp3) is 0.619. The monoisotopic (exact) mass is 398 g/mol. The molecule has 2 aromatic rings. The van der Waals surface area contributed by atoms with E-state index in [1.165, 1.54) is 56.0 Å². The van der Waals surface area contributed by atoms with Gasteiger partial charge in [-0.1, -0.05) is 10.2 Å². The lowest BCUT2D eigenvalue weighted by Gasteiger charge is -2.51. The van der Waals surface area contributed by atoms with E-state index in [0.717, 1.165) is 30.3 Å². The van der Waals surface area contributed by atoms with Crippen molar-refractivity contribution in [3.8, 4) is 0 Å². The van der Waals surface area contributed by atoms with E-state index in [-0.39, 0.29) is 0 Å². The number of fused-ring (bicyclic) bond motifs is 3. The van der Waals surface area contributed by atoms with Gasteiger partial charge >= 0.3 is 5.95 Å². The highest BCUT2D eigenvalue weighted by Crippen LogP contribution is 2.27. The highest BCUT2D eigenvalue weighted by atomic mass is 15.5. The first-order chi connectivity index (χ1) is 14.0. The Balaban J connectivity index is 1.44. The van der Waals surface area contributed by atoms with Crippen LogP contribution < -0.4 is 9.58 Å². The number of aromatic nitrogens is 3. The van der Waals surface area contributed by atoms with E-state index >= 15 is 0 Å². The number of hydrogen-bond donors (Lipinski definition) is 0. The highest BCUT2D eigenvalue weighted by Gasteiger charge is 2.38. The lowest BCUT2D eigenvalue weighted by Crippen LogP contribution is -2.68. The molecule has 8 heteroatoms. The van der Waals surface area contributed by atoms with Crippen LogP contribution in [0.3, 0.4) is 0 Å². The van der Waals surface area contributed by atoms with Crippen LogP contribution in [0.5, 0.6) is 0 Å². The number of aryl methyl sites for hydroxylation is 3. The molecule has 3 aliphatic heterocycles. The Morgan fingerprint density at radius 2 is 1.90 bits per heavy atom.